The number of fused-ring (bicyclic) bond motifs is 1. The summed E-state index contributed by atoms with van der Waals surface area (Å²) in [6.45, 7) is 7.07. The quantitative estimate of drug-likeness (QED) is 0.598. The Morgan fingerprint density at radius 1 is 1.31 bits per heavy atom. The molecule has 4 rings (SSSR count). The molecule has 1 saturated heterocycles. The van der Waals surface area contributed by atoms with Crippen LogP contribution in [0, 0.1) is 6.92 Å². The number of methoxy groups -OCH3 is 1. The second kappa shape index (κ2) is 7.74. The molecule has 1 aliphatic rings. The Bertz CT molecular complexity index is 1130. The number of hydrogen-bond acceptors (Lipinski definition) is 5. The van der Waals surface area contributed by atoms with Crippen LogP contribution < -0.4 is 4.74 Å². The van der Waals surface area contributed by atoms with Gasteiger partial charge in [-0.1, -0.05) is 19.9 Å². The van der Waals surface area contributed by atoms with E-state index >= 15 is 0 Å². The number of aromatic nitrogens is 2. The van der Waals surface area contributed by atoms with Gasteiger partial charge in [0.2, 0.25) is 10.0 Å². The average molecular weight is 434 g/mol. The first-order chi connectivity index (χ1) is 13.8. The zero-order valence-electron chi connectivity index (χ0n) is 17.3. The summed E-state index contributed by atoms with van der Waals surface area (Å²) in [5.74, 6) is 1.68. The monoisotopic (exact) mass is 433 g/mol. The van der Waals surface area contributed by atoms with Crippen LogP contribution in [0.1, 0.15) is 55.6 Å². The van der Waals surface area contributed by atoms with Gasteiger partial charge in [0.1, 0.15) is 21.3 Å². The number of piperidine rings is 1. The highest BCUT2D eigenvalue weighted by atomic mass is 32.2. The number of nitrogens with zero attached hydrogens (tertiary/aromatic N) is 3. The summed E-state index contributed by atoms with van der Waals surface area (Å²) in [7, 11) is -2.14. The van der Waals surface area contributed by atoms with E-state index in [1.54, 1.807) is 27.8 Å². The van der Waals surface area contributed by atoms with E-state index in [9.17, 15) is 8.42 Å². The molecular formula is C21H27N3O3S2. The molecule has 3 aromatic rings. The average Bonchev–Trinajstić information content (AvgIpc) is 3.31. The minimum absolute atomic E-state index is 0.0974. The number of hydrogen-bond donors (Lipinski definition) is 0. The number of ether oxygens (including phenoxy) is 1. The molecule has 2 aromatic heterocycles. The van der Waals surface area contributed by atoms with Gasteiger partial charge in [0, 0.05) is 30.6 Å². The standard InChI is InChI=1S/C21H27N3O3S2/c1-14(2)16-7-8-18(27-4)19(12-16)29(25,26)23-9-5-6-17(13-23)20-21-24(10-11-28-21)15(3)22-20/h7-8,10-12,14,17H,5-6,9,13H2,1-4H3/t17-/m1/s1. The molecule has 0 aliphatic carbocycles. The smallest absolute Gasteiger partial charge is 0.246 e. The van der Waals surface area contributed by atoms with E-state index in [-0.39, 0.29) is 16.7 Å². The molecule has 29 heavy (non-hydrogen) atoms. The summed E-state index contributed by atoms with van der Waals surface area (Å²) < 4.78 is 36.2. The highest BCUT2D eigenvalue weighted by Gasteiger charge is 2.34. The molecule has 3 heterocycles. The number of sulfonamides is 1. The number of rotatable bonds is 5. The third kappa shape index (κ3) is 3.58. The summed E-state index contributed by atoms with van der Waals surface area (Å²) in [5.41, 5.74) is 2.00. The molecular weight excluding hydrogens is 406 g/mol. The summed E-state index contributed by atoms with van der Waals surface area (Å²) in [5, 5.41) is 2.05. The fraction of sp³-hybridized carbons (Fsp3) is 0.476. The van der Waals surface area contributed by atoms with E-state index in [0.29, 0.717) is 18.8 Å². The maximum atomic E-state index is 13.6. The van der Waals surface area contributed by atoms with E-state index in [1.807, 2.05) is 24.6 Å². The normalized spacial score (nSPS) is 18.6. The molecule has 1 fully saturated rings. The van der Waals surface area contributed by atoms with Crippen LogP contribution in [0.3, 0.4) is 0 Å². The van der Waals surface area contributed by atoms with Gasteiger partial charge in [-0.15, -0.1) is 11.3 Å². The van der Waals surface area contributed by atoms with Crippen molar-refractivity contribution in [1.82, 2.24) is 13.7 Å². The van der Waals surface area contributed by atoms with Gasteiger partial charge < -0.3 is 4.74 Å². The molecule has 0 radical (unpaired) electrons. The SMILES string of the molecule is COc1ccc(C(C)C)cc1S(=O)(=O)N1CCC[C@@H](c2nc(C)n3ccsc23)C1. The molecule has 1 aliphatic heterocycles. The second-order valence-corrected chi connectivity index (χ2v) is 10.7. The zero-order chi connectivity index (χ0) is 20.8. The van der Waals surface area contributed by atoms with Gasteiger partial charge in [-0.25, -0.2) is 13.4 Å². The van der Waals surface area contributed by atoms with Crippen molar-refractivity contribution in [2.24, 2.45) is 0 Å². The van der Waals surface area contributed by atoms with Gasteiger partial charge in [0.05, 0.1) is 12.8 Å². The van der Waals surface area contributed by atoms with Crippen LogP contribution >= 0.6 is 11.3 Å². The van der Waals surface area contributed by atoms with Gasteiger partial charge in [0.15, 0.2) is 0 Å². The Morgan fingerprint density at radius 2 is 2.10 bits per heavy atom. The number of benzene rings is 1. The number of aryl methyl sites for hydroxylation is 1. The van der Waals surface area contributed by atoms with Crippen molar-refractivity contribution in [3.63, 3.8) is 0 Å². The minimum Gasteiger partial charge on any atom is -0.495 e. The van der Waals surface area contributed by atoms with Crippen molar-refractivity contribution >= 4 is 26.2 Å². The Kier molecular flexibility index (Phi) is 5.44. The van der Waals surface area contributed by atoms with E-state index in [0.717, 1.165) is 34.8 Å². The molecule has 0 saturated carbocycles. The van der Waals surface area contributed by atoms with E-state index in [2.05, 4.69) is 18.2 Å². The Morgan fingerprint density at radius 3 is 2.83 bits per heavy atom. The van der Waals surface area contributed by atoms with E-state index in [4.69, 9.17) is 9.72 Å². The molecule has 0 spiro atoms. The minimum atomic E-state index is -3.66. The lowest BCUT2D eigenvalue weighted by Crippen LogP contribution is -2.39. The summed E-state index contributed by atoms with van der Waals surface area (Å²) in [6, 6.07) is 5.46. The lowest BCUT2D eigenvalue weighted by atomic mass is 9.97. The van der Waals surface area contributed by atoms with Crippen LogP contribution in [0.4, 0.5) is 0 Å². The second-order valence-electron chi connectivity index (χ2n) is 7.89. The highest BCUT2D eigenvalue weighted by Crippen LogP contribution is 2.36. The van der Waals surface area contributed by atoms with Crippen molar-refractivity contribution in [1.29, 1.82) is 0 Å². The van der Waals surface area contributed by atoms with Crippen LogP contribution in [0.15, 0.2) is 34.7 Å². The van der Waals surface area contributed by atoms with Crippen LogP contribution in [-0.2, 0) is 10.0 Å². The van der Waals surface area contributed by atoms with Gasteiger partial charge >= 0.3 is 0 Å². The van der Waals surface area contributed by atoms with Gasteiger partial charge in [-0.2, -0.15) is 4.31 Å². The van der Waals surface area contributed by atoms with Crippen molar-refractivity contribution in [3.05, 3.63) is 46.9 Å². The first kappa shape index (κ1) is 20.4. The summed E-state index contributed by atoms with van der Waals surface area (Å²) in [4.78, 5) is 6.14. The largest absolute Gasteiger partial charge is 0.495 e. The van der Waals surface area contributed by atoms with E-state index in [1.165, 1.54) is 7.11 Å². The third-order valence-electron chi connectivity index (χ3n) is 5.70. The molecule has 0 amide bonds. The maximum absolute atomic E-state index is 13.6. The van der Waals surface area contributed by atoms with Gasteiger partial charge in [0.25, 0.3) is 0 Å². The first-order valence-corrected chi connectivity index (χ1v) is 12.2. The predicted octanol–water partition coefficient (Wildman–Crippen LogP) is 4.40. The first-order valence-electron chi connectivity index (χ1n) is 9.93. The molecule has 6 nitrogen and oxygen atoms in total. The summed E-state index contributed by atoms with van der Waals surface area (Å²) in [6.07, 6.45) is 3.78. The Hall–Kier alpha value is -1.90. The van der Waals surface area contributed by atoms with Crippen molar-refractivity contribution in [2.75, 3.05) is 20.2 Å². The molecule has 0 bridgehead atoms. The van der Waals surface area contributed by atoms with Gasteiger partial charge in [-0.05, 0) is 43.4 Å². The molecule has 8 heteroatoms. The van der Waals surface area contributed by atoms with Crippen LogP contribution in [0.2, 0.25) is 0 Å². The number of thiazole rings is 1. The zero-order valence-corrected chi connectivity index (χ0v) is 18.9. The fourth-order valence-electron chi connectivity index (χ4n) is 4.04. The van der Waals surface area contributed by atoms with Gasteiger partial charge in [-0.3, -0.25) is 4.40 Å². The van der Waals surface area contributed by atoms with Crippen LogP contribution in [0.25, 0.3) is 4.83 Å². The molecule has 0 unspecified atom stereocenters. The highest BCUT2D eigenvalue weighted by molar-refractivity contribution is 7.89. The molecule has 0 N–H and O–H groups in total. The van der Waals surface area contributed by atoms with Crippen molar-refractivity contribution in [3.8, 4) is 5.75 Å². The molecule has 1 atom stereocenters. The van der Waals surface area contributed by atoms with Crippen LogP contribution in [0.5, 0.6) is 5.75 Å². The van der Waals surface area contributed by atoms with Crippen molar-refractivity contribution < 1.29 is 13.2 Å². The third-order valence-corrected chi connectivity index (χ3v) is 8.47. The Balaban J connectivity index is 1.69. The fourth-order valence-corrected chi connectivity index (χ4v) is 6.70. The number of imidazole rings is 1. The van der Waals surface area contributed by atoms with Crippen LogP contribution in [-0.4, -0.2) is 42.3 Å². The lowest BCUT2D eigenvalue weighted by Gasteiger charge is -2.31. The topological polar surface area (TPSA) is 63.9 Å². The Labute approximate surface area is 176 Å². The summed E-state index contributed by atoms with van der Waals surface area (Å²) >= 11 is 1.66. The lowest BCUT2D eigenvalue weighted by molar-refractivity contribution is 0.312. The van der Waals surface area contributed by atoms with Crippen molar-refractivity contribution in [2.45, 2.75) is 50.3 Å². The molecule has 1 aromatic carbocycles. The maximum Gasteiger partial charge on any atom is 0.246 e. The molecule has 156 valence electrons. The van der Waals surface area contributed by atoms with E-state index < -0.39 is 10.0 Å². The predicted molar refractivity (Wildman–Crippen MR) is 116 cm³/mol.